The highest BCUT2D eigenvalue weighted by molar-refractivity contribution is 5.69. The first-order valence-electron chi connectivity index (χ1n) is 5.48. The van der Waals surface area contributed by atoms with Gasteiger partial charge in [0.1, 0.15) is 11.3 Å². The van der Waals surface area contributed by atoms with Crippen LogP contribution in [0.4, 0.5) is 0 Å². The summed E-state index contributed by atoms with van der Waals surface area (Å²) in [5.74, 6) is 0.507. The maximum absolute atomic E-state index is 11.9. The highest BCUT2D eigenvalue weighted by Crippen LogP contribution is 2.05. The van der Waals surface area contributed by atoms with Crippen LogP contribution in [-0.2, 0) is 20.1 Å². The molecule has 0 fully saturated rings. The molecule has 2 aromatic rings. The first kappa shape index (κ1) is 11.6. The predicted octanol–water partition coefficient (Wildman–Crippen LogP) is -0.708. The molecule has 0 bridgehead atoms. The smallest absolute Gasteiger partial charge is 0.332 e. The van der Waals surface area contributed by atoms with E-state index in [0.29, 0.717) is 23.5 Å². The Bertz CT molecular complexity index is 664. The quantitative estimate of drug-likeness (QED) is 0.736. The Morgan fingerprint density at radius 3 is 2.71 bits per heavy atom. The van der Waals surface area contributed by atoms with Crippen molar-refractivity contribution < 1.29 is 0 Å². The molecule has 0 aliphatic rings. The Morgan fingerprint density at radius 2 is 2.12 bits per heavy atom. The van der Waals surface area contributed by atoms with Crippen molar-refractivity contribution in [3.8, 4) is 0 Å². The summed E-state index contributed by atoms with van der Waals surface area (Å²) in [6.07, 6.45) is 0.790. The second kappa shape index (κ2) is 4.17. The lowest BCUT2D eigenvalue weighted by Gasteiger charge is -2.06. The fourth-order valence-corrected chi connectivity index (χ4v) is 1.80. The Balaban J connectivity index is 2.91. The molecule has 0 radical (unpaired) electrons. The third-order valence-electron chi connectivity index (χ3n) is 2.67. The molecule has 0 saturated carbocycles. The summed E-state index contributed by atoms with van der Waals surface area (Å²) >= 11 is 0. The van der Waals surface area contributed by atoms with Crippen molar-refractivity contribution >= 4 is 11.2 Å². The zero-order chi connectivity index (χ0) is 12.6. The predicted molar refractivity (Wildman–Crippen MR) is 63.8 cm³/mol. The van der Waals surface area contributed by atoms with E-state index in [1.54, 1.807) is 0 Å². The number of hydrogen-bond donors (Lipinski definition) is 2. The van der Waals surface area contributed by atoms with Gasteiger partial charge in [0.2, 0.25) is 0 Å². The first-order valence-corrected chi connectivity index (χ1v) is 5.48. The van der Waals surface area contributed by atoms with E-state index in [1.165, 1.54) is 11.6 Å². The lowest BCUT2D eigenvalue weighted by atomic mass is 10.4. The Kier molecular flexibility index (Phi) is 2.84. The van der Waals surface area contributed by atoms with Crippen molar-refractivity contribution in [2.24, 2.45) is 12.8 Å². The SMILES string of the molecule is CCCn1c(=O)n(C)c(=O)c2[nH]c(CN)nc21. The van der Waals surface area contributed by atoms with E-state index in [4.69, 9.17) is 5.73 Å². The minimum absolute atomic E-state index is 0.206. The maximum Gasteiger partial charge on any atom is 0.332 e. The molecule has 17 heavy (non-hydrogen) atoms. The standard InChI is InChI=1S/C10H15N5O2/c1-3-4-15-8-7(12-6(5-11)13-8)9(16)14(2)10(15)17/h3-5,11H2,1-2H3,(H,12,13). The Hall–Kier alpha value is -1.89. The maximum atomic E-state index is 11.9. The molecule has 7 heteroatoms. The number of rotatable bonds is 3. The van der Waals surface area contributed by atoms with Crippen molar-refractivity contribution in [3.63, 3.8) is 0 Å². The number of imidazole rings is 1. The topological polar surface area (TPSA) is 98.7 Å². The van der Waals surface area contributed by atoms with E-state index in [2.05, 4.69) is 9.97 Å². The van der Waals surface area contributed by atoms with Gasteiger partial charge in [-0.15, -0.1) is 0 Å². The number of nitrogens with one attached hydrogen (secondary N) is 1. The van der Waals surface area contributed by atoms with Crippen LogP contribution in [0.2, 0.25) is 0 Å². The van der Waals surface area contributed by atoms with Crippen molar-refractivity contribution in [3.05, 3.63) is 26.7 Å². The number of H-pyrrole nitrogens is 1. The second-order valence-electron chi connectivity index (χ2n) is 3.88. The number of aromatic nitrogens is 4. The number of hydrogen-bond acceptors (Lipinski definition) is 4. The third kappa shape index (κ3) is 1.68. The van der Waals surface area contributed by atoms with Gasteiger partial charge < -0.3 is 10.7 Å². The molecular formula is C10H15N5O2. The van der Waals surface area contributed by atoms with Gasteiger partial charge in [0.15, 0.2) is 5.65 Å². The van der Waals surface area contributed by atoms with Crippen LogP contribution in [0, 0.1) is 0 Å². The van der Waals surface area contributed by atoms with Gasteiger partial charge in [-0.1, -0.05) is 6.92 Å². The highest BCUT2D eigenvalue weighted by atomic mass is 16.2. The largest absolute Gasteiger partial charge is 0.335 e. The molecule has 3 N–H and O–H groups in total. The molecule has 0 atom stereocenters. The van der Waals surface area contributed by atoms with E-state index in [-0.39, 0.29) is 17.8 Å². The number of fused-ring (bicyclic) bond motifs is 1. The molecule has 92 valence electrons. The molecule has 0 spiro atoms. The summed E-state index contributed by atoms with van der Waals surface area (Å²) in [5.41, 5.74) is 5.48. The van der Waals surface area contributed by atoms with Gasteiger partial charge in [0, 0.05) is 13.6 Å². The van der Waals surface area contributed by atoms with Gasteiger partial charge in [-0.05, 0) is 6.42 Å². The third-order valence-corrected chi connectivity index (χ3v) is 2.67. The van der Waals surface area contributed by atoms with Gasteiger partial charge in [-0.3, -0.25) is 13.9 Å². The van der Waals surface area contributed by atoms with Crippen LogP contribution in [0.1, 0.15) is 19.2 Å². The molecule has 0 amide bonds. The molecule has 2 heterocycles. The summed E-state index contributed by atoms with van der Waals surface area (Å²) in [7, 11) is 1.46. The van der Waals surface area contributed by atoms with Crippen molar-refractivity contribution in [1.29, 1.82) is 0 Å². The first-order chi connectivity index (χ1) is 8.10. The summed E-state index contributed by atoms with van der Waals surface area (Å²) in [4.78, 5) is 30.8. The van der Waals surface area contributed by atoms with Gasteiger partial charge >= 0.3 is 5.69 Å². The van der Waals surface area contributed by atoms with Crippen molar-refractivity contribution in [2.75, 3.05) is 0 Å². The Morgan fingerprint density at radius 1 is 1.41 bits per heavy atom. The zero-order valence-electron chi connectivity index (χ0n) is 9.86. The lowest BCUT2D eigenvalue weighted by molar-refractivity contribution is 0.610. The molecule has 0 aromatic carbocycles. The average molecular weight is 237 g/mol. The molecule has 7 nitrogen and oxygen atoms in total. The van der Waals surface area contributed by atoms with Crippen LogP contribution in [0.25, 0.3) is 11.2 Å². The number of aryl methyl sites for hydroxylation is 1. The van der Waals surface area contributed by atoms with Crippen LogP contribution >= 0.6 is 0 Å². The molecule has 2 rings (SSSR count). The van der Waals surface area contributed by atoms with Crippen molar-refractivity contribution in [2.45, 2.75) is 26.4 Å². The van der Waals surface area contributed by atoms with Gasteiger partial charge in [0.05, 0.1) is 6.54 Å². The monoisotopic (exact) mass is 237 g/mol. The summed E-state index contributed by atoms with van der Waals surface area (Å²) in [5, 5.41) is 0. The normalized spacial score (nSPS) is 11.2. The van der Waals surface area contributed by atoms with Crippen molar-refractivity contribution in [1.82, 2.24) is 19.1 Å². The molecule has 0 aliphatic carbocycles. The number of nitrogens with two attached hydrogens (primary N) is 1. The van der Waals surface area contributed by atoms with E-state index in [9.17, 15) is 9.59 Å². The zero-order valence-corrected chi connectivity index (χ0v) is 9.86. The minimum Gasteiger partial charge on any atom is -0.335 e. The van der Waals surface area contributed by atoms with Crippen LogP contribution in [0.5, 0.6) is 0 Å². The van der Waals surface area contributed by atoms with Crippen LogP contribution in [-0.4, -0.2) is 19.1 Å². The fraction of sp³-hybridized carbons (Fsp3) is 0.500. The van der Waals surface area contributed by atoms with Gasteiger partial charge in [-0.25, -0.2) is 9.78 Å². The fourth-order valence-electron chi connectivity index (χ4n) is 1.80. The number of aromatic amines is 1. The summed E-state index contributed by atoms with van der Waals surface area (Å²) in [6, 6.07) is 0. The number of nitrogens with zero attached hydrogens (tertiary/aromatic N) is 3. The van der Waals surface area contributed by atoms with Gasteiger partial charge in [0.25, 0.3) is 5.56 Å². The van der Waals surface area contributed by atoms with Crippen LogP contribution in [0.3, 0.4) is 0 Å². The van der Waals surface area contributed by atoms with Crippen LogP contribution in [0.15, 0.2) is 9.59 Å². The van der Waals surface area contributed by atoms with Gasteiger partial charge in [-0.2, -0.15) is 0 Å². The van der Waals surface area contributed by atoms with E-state index in [0.717, 1.165) is 11.0 Å². The minimum atomic E-state index is -0.371. The molecular weight excluding hydrogens is 222 g/mol. The molecule has 0 unspecified atom stereocenters. The van der Waals surface area contributed by atoms with E-state index >= 15 is 0 Å². The molecule has 0 aliphatic heterocycles. The van der Waals surface area contributed by atoms with Crippen LogP contribution < -0.4 is 17.0 Å². The average Bonchev–Trinajstić information content (AvgIpc) is 2.76. The molecule has 0 saturated heterocycles. The Labute approximate surface area is 96.9 Å². The lowest BCUT2D eigenvalue weighted by Crippen LogP contribution is -2.38. The second-order valence-corrected chi connectivity index (χ2v) is 3.88. The summed E-state index contributed by atoms with van der Waals surface area (Å²) < 4.78 is 2.57. The highest BCUT2D eigenvalue weighted by Gasteiger charge is 2.14. The van der Waals surface area contributed by atoms with E-state index in [1.807, 2.05) is 6.92 Å². The van der Waals surface area contributed by atoms with E-state index < -0.39 is 0 Å². The summed E-state index contributed by atoms with van der Waals surface area (Å²) in [6.45, 7) is 2.69. The molecule has 2 aromatic heterocycles.